The summed E-state index contributed by atoms with van der Waals surface area (Å²) in [6.07, 6.45) is 9.61. The SMILES string of the molecule is COc1cc(C(C)(C)c2cnc(SCc3c(F)cc(S(=O)(=O)N(CCCN4C=CC=CC4)[C@H](C)C(=O)O)cc3Cl)n2-c2ccc(F)cc2)ccc1Cl. The Morgan fingerprint density at radius 1 is 1.10 bits per heavy atom. The van der Waals surface area contributed by atoms with Crippen molar-refractivity contribution in [3.63, 3.8) is 0 Å². The minimum atomic E-state index is -4.46. The molecule has 4 aromatic rings. The number of sulfonamides is 1. The number of aliphatic carboxylic acids is 1. The zero-order valence-electron chi connectivity index (χ0n) is 28.9. The fourth-order valence-corrected chi connectivity index (χ4v) is 9.11. The number of allylic oxidation sites excluding steroid dienone is 2. The number of nitrogens with zero attached hydrogens (tertiary/aromatic N) is 4. The molecular formula is C37H38Cl2F2N4O5S2. The van der Waals surface area contributed by atoms with Crippen LogP contribution in [0, 0.1) is 11.6 Å². The highest BCUT2D eigenvalue weighted by molar-refractivity contribution is 7.98. The second kappa shape index (κ2) is 16.4. The van der Waals surface area contributed by atoms with Crippen molar-refractivity contribution in [2.75, 3.05) is 26.7 Å². The topological polar surface area (TPSA) is 105 Å². The van der Waals surface area contributed by atoms with E-state index in [0.717, 1.165) is 39.5 Å². The van der Waals surface area contributed by atoms with E-state index in [1.54, 1.807) is 24.4 Å². The van der Waals surface area contributed by atoms with Crippen molar-refractivity contribution in [3.8, 4) is 11.4 Å². The van der Waals surface area contributed by atoms with Gasteiger partial charge in [0.2, 0.25) is 10.0 Å². The van der Waals surface area contributed by atoms with Gasteiger partial charge in [0.1, 0.15) is 23.4 Å². The summed E-state index contributed by atoms with van der Waals surface area (Å²) in [6, 6.07) is 12.0. The van der Waals surface area contributed by atoms with Gasteiger partial charge >= 0.3 is 5.97 Å². The van der Waals surface area contributed by atoms with E-state index in [9.17, 15) is 22.7 Å². The van der Waals surface area contributed by atoms with Gasteiger partial charge in [-0.25, -0.2) is 22.2 Å². The number of benzene rings is 3. The number of thioether (sulfide) groups is 1. The third-order valence-electron chi connectivity index (χ3n) is 8.89. The van der Waals surface area contributed by atoms with Crippen molar-refractivity contribution in [2.24, 2.45) is 0 Å². The van der Waals surface area contributed by atoms with E-state index in [1.165, 1.54) is 26.2 Å². The molecule has 0 unspecified atom stereocenters. The molecule has 0 amide bonds. The number of aromatic nitrogens is 2. The minimum Gasteiger partial charge on any atom is -0.495 e. The first-order valence-corrected chi connectivity index (χ1v) is 19.4. The lowest BCUT2D eigenvalue weighted by Crippen LogP contribution is -2.44. The van der Waals surface area contributed by atoms with Crippen molar-refractivity contribution >= 4 is 51.0 Å². The molecule has 1 atom stereocenters. The van der Waals surface area contributed by atoms with Crippen molar-refractivity contribution in [1.82, 2.24) is 18.8 Å². The molecule has 0 aliphatic carbocycles. The number of methoxy groups -OCH3 is 1. The standard InChI is InChI=1S/C37H38Cl2F2N4O5S2/c1-24(35(46)47)44(18-8-17-43-15-6-5-7-16-43)52(48,49)28-20-31(39)29(32(41)21-28)23-51-36-42-22-34(45(36)27-12-10-26(40)11-13-27)37(2,3)25-9-14-30(38)33(19-25)50-4/h5-7,9-15,19-22,24H,8,16-18,23H2,1-4H3,(H,46,47)/t24-/m1/s1. The maximum absolute atomic E-state index is 15.8. The number of rotatable bonds is 15. The summed E-state index contributed by atoms with van der Waals surface area (Å²) in [5.74, 6) is -2.17. The van der Waals surface area contributed by atoms with Crippen molar-refractivity contribution in [2.45, 2.75) is 54.5 Å². The van der Waals surface area contributed by atoms with Crippen LogP contribution in [0.4, 0.5) is 8.78 Å². The smallest absolute Gasteiger partial charge is 0.321 e. The highest BCUT2D eigenvalue weighted by atomic mass is 35.5. The van der Waals surface area contributed by atoms with E-state index in [4.69, 9.17) is 27.9 Å². The molecule has 0 saturated carbocycles. The van der Waals surface area contributed by atoms with Gasteiger partial charge in [-0.3, -0.25) is 9.36 Å². The normalized spacial score (nSPS) is 13.9. The molecule has 3 aromatic carbocycles. The zero-order chi connectivity index (χ0) is 37.8. The summed E-state index contributed by atoms with van der Waals surface area (Å²) >= 11 is 14.0. The van der Waals surface area contributed by atoms with Crippen LogP contribution in [0.5, 0.6) is 5.75 Å². The molecule has 1 aromatic heterocycles. The first-order valence-electron chi connectivity index (χ1n) is 16.3. The van der Waals surface area contributed by atoms with Crippen LogP contribution in [0.2, 0.25) is 10.0 Å². The number of carboxylic acid groups (broad SMARTS) is 1. The Bertz CT molecular complexity index is 2080. The summed E-state index contributed by atoms with van der Waals surface area (Å²) < 4.78 is 65.6. The van der Waals surface area contributed by atoms with E-state index in [2.05, 4.69) is 4.98 Å². The van der Waals surface area contributed by atoms with Crippen molar-refractivity contribution in [3.05, 3.63) is 124 Å². The monoisotopic (exact) mass is 790 g/mol. The van der Waals surface area contributed by atoms with Crippen molar-refractivity contribution in [1.29, 1.82) is 0 Å². The Morgan fingerprint density at radius 2 is 1.83 bits per heavy atom. The first-order chi connectivity index (χ1) is 24.6. The molecule has 0 bridgehead atoms. The molecule has 0 radical (unpaired) electrons. The first kappa shape index (κ1) is 39.3. The third-order valence-corrected chi connectivity index (χ3v) is 12.5. The Morgan fingerprint density at radius 3 is 2.46 bits per heavy atom. The summed E-state index contributed by atoms with van der Waals surface area (Å²) in [6.45, 7) is 6.30. The largest absolute Gasteiger partial charge is 0.495 e. The maximum atomic E-state index is 15.8. The predicted molar refractivity (Wildman–Crippen MR) is 200 cm³/mol. The molecule has 1 aliphatic heterocycles. The Labute approximate surface area is 316 Å². The predicted octanol–water partition coefficient (Wildman–Crippen LogP) is 8.32. The fourth-order valence-electron chi connectivity index (χ4n) is 5.80. The van der Waals surface area contributed by atoms with Gasteiger partial charge in [0.05, 0.1) is 28.9 Å². The Kier molecular flexibility index (Phi) is 12.4. The fraction of sp³-hybridized carbons (Fsp3) is 0.297. The number of ether oxygens (including phenoxy) is 1. The molecule has 52 heavy (non-hydrogen) atoms. The lowest BCUT2D eigenvalue weighted by Gasteiger charge is -2.28. The molecule has 2 heterocycles. The lowest BCUT2D eigenvalue weighted by molar-refractivity contribution is -0.140. The minimum absolute atomic E-state index is 0.0327. The summed E-state index contributed by atoms with van der Waals surface area (Å²) in [4.78, 5) is 18.1. The molecule has 15 heteroatoms. The van der Waals surface area contributed by atoms with Gasteiger partial charge < -0.3 is 14.7 Å². The molecule has 0 spiro atoms. The van der Waals surface area contributed by atoms with Crippen molar-refractivity contribution < 1.29 is 31.8 Å². The summed E-state index contributed by atoms with van der Waals surface area (Å²) in [7, 11) is -2.93. The van der Waals surface area contributed by atoms with Crippen LogP contribution in [0.15, 0.2) is 95.3 Å². The van der Waals surface area contributed by atoms with E-state index in [0.29, 0.717) is 41.1 Å². The summed E-state index contributed by atoms with van der Waals surface area (Å²) in [5, 5.41) is 10.5. The molecule has 9 nitrogen and oxygen atoms in total. The number of carbonyl (C=O) groups is 1. The van der Waals surface area contributed by atoms with E-state index < -0.39 is 44.0 Å². The molecule has 1 N–H and O–H groups in total. The second-order valence-corrected chi connectivity index (χ2v) is 16.3. The van der Waals surface area contributed by atoms with Crippen LogP contribution in [-0.2, 0) is 26.0 Å². The molecular weight excluding hydrogens is 753 g/mol. The van der Waals surface area contributed by atoms with E-state index in [-0.39, 0.29) is 22.9 Å². The van der Waals surface area contributed by atoms with Gasteiger partial charge in [-0.1, -0.05) is 67.0 Å². The van der Waals surface area contributed by atoms with Gasteiger partial charge in [-0.2, -0.15) is 4.31 Å². The third kappa shape index (κ3) is 8.50. The molecule has 1 aliphatic rings. The number of halogens is 4. The van der Waals surface area contributed by atoms with Crippen LogP contribution in [0.25, 0.3) is 5.69 Å². The number of imidazole rings is 1. The van der Waals surface area contributed by atoms with Gasteiger partial charge in [0.15, 0.2) is 5.16 Å². The maximum Gasteiger partial charge on any atom is 0.321 e. The van der Waals surface area contributed by atoms with Crippen LogP contribution in [0.3, 0.4) is 0 Å². The highest BCUT2D eigenvalue weighted by Crippen LogP contribution is 2.40. The summed E-state index contributed by atoms with van der Waals surface area (Å²) in [5.41, 5.74) is 1.58. The quantitative estimate of drug-likeness (QED) is 0.120. The molecule has 0 fully saturated rings. The molecule has 5 rings (SSSR count). The van der Waals surface area contributed by atoms with Gasteiger partial charge in [-0.15, -0.1) is 0 Å². The number of carboxylic acids is 1. The highest BCUT2D eigenvalue weighted by Gasteiger charge is 2.34. The van der Waals surface area contributed by atoms with Gasteiger partial charge in [0, 0.05) is 47.1 Å². The van der Waals surface area contributed by atoms with E-state index in [1.807, 2.05) is 59.9 Å². The average molecular weight is 792 g/mol. The van der Waals surface area contributed by atoms with Crippen LogP contribution >= 0.6 is 35.0 Å². The van der Waals surface area contributed by atoms with Gasteiger partial charge in [0.25, 0.3) is 0 Å². The average Bonchev–Trinajstić information content (AvgIpc) is 3.55. The molecule has 276 valence electrons. The van der Waals surface area contributed by atoms with Crippen LogP contribution in [-0.4, -0.2) is 71.0 Å². The molecule has 0 saturated heterocycles. The second-order valence-electron chi connectivity index (χ2n) is 12.6. The Balaban J connectivity index is 1.44. The number of hydrogen-bond acceptors (Lipinski definition) is 7. The van der Waals surface area contributed by atoms with E-state index >= 15 is 4.39 Å². The van der Waals surface area contributed by atoms with Crippen LogP contribution < -0.4 is 4.74 Å². The lowest BCUT2D eigenvalue weighted by atomic mass is 9.81. The van der Waals surface area contributed by atoms with Crippen LogP contribution in [0.1, 0.15) is 44.0 Å². The van der Waals surface area contributed by atoms with Gasteiger partial charge in [-0.05, 0) is 79.7 Å². The Hall–Kier alpha value is -3.88. The number of hydrogen-bond donors (Lipinski definition) is 1. The zero-order valence-corrected chi connectivity index (χ0v) is 32.0.